The molecule has 0 bridgehead atoms. The van der Waals surface area contributed by atoms with Crippen LogP contribution in [0.2, 0.25) is 0 Å². The zero-order chi connectivity index (χ0) is 13.8. The first-order chi connectivity index (χ1) is 9.84. The molecule has 1 aromatic carbocycles. The Morgan fingerprint density at radius 1 is 0.900 bits per heavy atom. The number of piperidine rings is 1. The van der Waals surface area contributed by atoms with Crippen LogP contribution in [-0.2, 0) is 0 Å². The van der Waals surface area contributed by atoms with Crippen LogP contribution in [0.25, 0.3) is 0 Å². The van der Waals surface area contributed by atoms with Gasteiger partial charge in [-0.3, -0.25) is 0 Å². The molecule has 0 aliphatic carbocycles. The lowest BCUT2D eigenvalue weighted by atomic mass is 10.0. The summed E-state index contributed by atoms with van der Waals surface area (Å²) in [5, 5.41) is 0. The quantitative estimate of drug-likeness (QED) is 0.929. The van der Waals surface area contributed by atoms with Crippen LogP contribution in [0.3, 0.4) is 0 Å². The second-order valence-corrected chi connectivity index (χ2v) is 5.39. The van der Waals surface area contributed by atoms with Crippen molar-refractivity contribution < 1.29 is 0 Å². The maximum atomic E-state index is 6.29. The fourth-order valence-corrected chi connectivity index (χ4v) is 2.74. The normalized spacial score (nSPS) is 16.9. The molecule has 1 aromatic heterocycles. The van der Waals surface area contributed by atoms with Crippen LogP contribution in [0.1, 0.15) is 36.4 Å². The largest absolute Gasteiger partial charge is 0.357 e. The standard InChI is InChI=1S/C17H21N3/c18-17(14-7-3-1-4-8-14)15-9-10-16(19-13-15)20-11-5-2-6-12-20/h1,3-4,7-10,13,17H,2,5-6,11-12,18H2. The lowest BCUT2D eigenvalue weighted by Gasteiger charge is -2.27. The summed E-state index contributed by atoms with van der Waals surface area (Å²) in [6, 6.07) is 14.3. The van der Waals surface area contributed by atoms with E-state index in [1.807, 2.05) is 24.4 Å². The second kappa shape index (κ2) is 6.06. The molecular weight excluding hydrogens is 246 g/mol. The van der Waals surface area contributed by atoms with Crippen LogP contribution in [0.5, 0.6) is 0 Å². The molecule has 1 aliphatic rings. The van der Waals surface area contributed by atoms with E-state index in [1.165, 1.54) is 19.3 Å². The van der Waals surface area contributed by atoms with Crippen molar-refractivity contribution in [2.45, 2.75) is 25.3 Å². The molecule has 0 amide bonds. The van der Waals surface area contributed by atoms with Gasteiger partial charge in [-0.15, -0.1) is 0 Å². The van der Waals surface area contributed by atoms with Crippen molar-refractivity contribution in [2.24, 2.45) is 5.73 Å². The van der Waals surface area contributed by atoms with Gasteiger partial charge in [-0.05, 0) is 36.5 Å². The van der Waals surface area contributed by atoms with E-state index in [4.69, 9.17) is 5.73 Å². The number of pyridine rings is 1. The Labute approximate surface area is 120 Å². The molecule has 104 valence electrons. The Morgan fingerprint density at radius 3 is 2.30 bits per heavy atom. The molecule has 3 heteroatoms. The van der Waals surface area contributed by atoms with Crippen LogP contribution >= 0.6 is 0 Å². The van der Waals surface area contributed by atoms with Gasteiger partial charge in [0, 0.05) is 19.3 Å². The van der Waals surface area contributed by atoms with E-state index < -0.39 is 0 Å². The van der Waals surface area contributed by atoms with Gasteiger partial charge >= 0.3 is 0 Å². The van der Waals surface area contributed by atoms with Gasteiger partial charge in [-0.2, -0.15) is 0 Å². The summed E-state index contributed by atoms with van der Waals surface area (Å²) in [5.41, 5.74) is 8.48. The molecule has 0 saturated carbocycles. The van der Waals surface area contributed by atoms with E-state index in [2.05, 4.69) is 34.1 Å². The van der Waals surface area contributed by atoms with Crippen molar-refractivity contribution in [3.8, 4) is 0 Å². The fourth-order valence-electron chi connectivity index (χ4n) is 2.74. The van der Waals surface area contributed by atoms with Crippen molar-refractivity contribution in [3.63, 3.8) is 0 Å². The number of nitrogens with zero attached hydrogens (tertiary/aromatic N) is 2. The minimum atomic E-state index is -0.0981. The molecule has 0 spiro atoms. The number of hydrogen-bond donors (Lipinski definition) is 1. The molecule has 2 aromatic rings. The molecule has 1 saturated heterocycles. The topological polar surface area (TPSA) is 42.1 Å². The Kier molecular flexibility index (Phi) is 3.97. The number of anilines is 1. The third kappa shape index (κ3) is 2.83. The average Bonchev–Trinajstić information content (AvgIpc) is 2.56. The van der Waals surface area contributed by atoms with Crippen molar-refractivity contribution in [1.82, 2.24) is 4.98 Å². The van der Waals surface area contributed by atoms with Gasteiger partial charge in [0.25, 0.3) is 0 Å². The number of nitrogens with two attached hydrogens (primary N) is 1. The molecule has 3 rings (SSSR count). The first kappa shape index (κ1) is 13.1. The van der Waals surface area contributed by atoms with E-state index >= 15 is 0 Å². The SMILES string of the molecule is NC(c1ccccc1)c1ccc(N2CCCCC2)nc1. The molecule has 1 atom stereocenters. The maximum absolute atomic E-state index is 6.29. The van der Waals surface area contributed by atoms with E-state index in [0.29, 0.717) is 0 Å². The van der Waals surface area contributed by atoms with Crippen molar-refractivity contribution in [1.29, 1.82) is 0 Å². The van der Waals surface area contributed by atoms with Gasteiger partial charge in [0.1, 0.15) is 5.82 Å². The number of hydrogen-bond acceptors (Lipinski definition) is 3. The summed E-state index contributed by atoms with van der Waals surface area (Å²) in [7, 11) is 0. The maximum Gasteiger partial charge on any atom is 0.128 e. The smallest absolute Gasteiger partial charge is 0.128 e. The summed E-state index contributed by atoms with van der Waals surface area (Å²) < 4.78 is 0. The lowest BCUT2D eigenvalue weighted by molar-refractivity contribution is 0.573. The first-order valence-corrected chi connectivity index (χ1v) is 7.36. The minimum Gasteiger partial charge on any atom is -0.357 e. The molecular formula is C17H21N3. The Bertz CT molecular complexity index is 530. The Balaban J connectivity index is 1.75. The molecule has 2 N–H and O–H groups in total. The van der Waals surface area contributed by atoms with Crippen LogP contribution in [-0.4, -0.2) is 18.1 Å². The highest BCUT2D eigenvalue weighted by Crippen LogP contribution is 2.22. The van der Waals surface area contributed by atoms with Crippen molar-refractivity contribution in [2.75, 3.05) is 18.0 Å². The Hall–Kier alpha value is -1.87. The third-order valence-corrected chi connectivity index (χ3v) is 3.97. The van der Waals surface area contributed by atoms with Gasteiger partial charge in [0.05, 0.1) is 6.04 Å². The van der Waals surface area contributed by atoms with Crippen LogP contribution in [0.15, 0.2) is 48.7 Å². The number of benzene rings is 1. The van der Waals surface area contributed by atoms with Gasteiger partial charge in [0.15, 0.2) is 0 Å². The number of rotatable bonds is 3. The highest BCUT2D eigenvalue weighted by Gasteiger charge is 2.13. The summed E-state index contributed by atoms with van der Waals surface area (Å²) in [6.07, 6.45) is 5.80. The highest BCUT2D eigenvalue weighted by atomic mass is 15.2. The molecule has 2 heterocycles. The zero-order valence-corrected chi connectivity index (χ0v) is 11.7. The van der Waals surface area contributed by atoms with Crippen molar-refractivity contribution >= 4 is 5.82 Å². The van der Waals surface area contributed by atoms with Gasteiger partial charge in [-0.25, -0.2) is 4.98 Å². The van der Waals surface area contributed by atoms with Gasteiger partial charge < -0.3 is 10.6 Å². The monoisotopic (exact) mass is 267 g/mol. The highest BCUT2D eigenvalue weighted by molar-refractivity contribution is 5.41. The summed E-state index contributed by atoms with van der Waals surface area (Å²) in [4.78, 5) is 6.96. The molecule has 1 aliphatic heterocycles. The zero-order valence-electron chi connectivity index (χ0n) is 11.7. The second-order valence-electron chi connectivity index (χ2n) is 5.39. The Morgan fingerprint density at radius 2 is 1.65 bits per heavy atom. The molecule has 3 nitrogen and oxygen atoms in total. The van der Waals surface area contributed by atoms with E-state index in [-0.39, 0.29) is 6.04 Å². The van der Waals surface area contributed by atoms with E-state index in [0.717, 1.165) is 30.0 Å². The minimum absolute atomic E-state index is 0.0981. The molecule has 20 heavy (non-hydrogen) atoms. The molecule has 1 fully saturated rings. The molecule has 1 unspecified atom stereocenters. The number of aromatic nitrogens is 1. The van der Waals surface area contributed by atoms with Gasteiger partial charge in [0.2, 0.25) is 0 Å². The van der Waals surface area contributed by atoms with Gasteiger partial charge in [-0.1, -0.05) is 36.4 Å². The summed E-state index contributed by atoms with van der Waals surface area (Å²) in [6.45, 7) is 2.24. The van der Waals surface area contributed by atoms with Crippen LogP contribution in [0.4, 0.5) is 5.82 Å². The lowest BCUT2D eigenvalue weighted by Crippen LogP contribution is -2.30. The average molecular weight is 267 g/mol. The third-order valence-electron chi connectivity index (χ3n) is 3.97. The summed E-state index contributed by atoms with van der Waals surface area (Å²) in [5.74, 6) is 1.08. The fraction of sp³-hybridized carbons (Fsp3) is 0.353. The first-order valence-electron chi connectivity index (χ1n) is 7.36. The van der Waals surface area contributed by atoms with E-state index in [9.17, 15) is 0 Å². The predicted molar refractivity (Wildman–Crippen MR) is 82.8 cm³/mol. The van der Waals surface area contributed by atoms with Crippen LogP contribution in [0, 0.1) is 0 Å². The predicted octanol–water partition coefficient (Wildman–Crippen LogP) is 3.12. The van der Waals surface area contributed by atoms with Crippen LogP contribution < -0.4 is 10.6 Å². The molecule has 0 radical (unpaired) electrons. The van der Waals surface area contributed by atoms with Crippen molar-refractivity contribution in [3.05, 3.63) is 59.8 Å². The van der Waals surface area contributed by atoms with E-state index in [1.54, 1.807) is 0 Å². The summed E-state index contributed by atoms with van der Waals surface area (Å²) >= 11 is 0.